The van der Waals surface area contributed by atoms with Crippen LogP contribution in [0.4, 0.5) is 0 Å². The topological polar surface area (TPSA) is 0 Å². The molecule has 0 bridgehead atoms. The van der Waals surface area contributed by atoms with Gasteiger partial charge in [-0.15, -0.1) is 0 Å². The van der Waals surface area contributed by atoms with Crippen LogP contribution in [-0.4, -0.2) is 29.8 Å². The standard InChI is InChI=1S/C6H15Ge.C4H11Ge/c1-4-7(5-2)6-3;1-3-5-4-2/h4-6H2,1-3H3;5H,3-4H2,1-2H3. The van der Waals surface area contributed by atoms with Gasteiger partial charge in [-0.1, -0.05) is 0 Å². The molecule has 0 aliphatic heterocycles. The third-order valence-corrected chi connectivity index (χ3v) is 10.8. The van der Waals surface area contributed by atoms with E-state index in [0.29, 0.717) is 15.4 Å². The van der Waals surface area contributed by atoms with Crippen LogP contribution in [0.25, 0.3) is 0 Å². The third-order valence-electron chi connectivity index (χ3n) is 2.08. The Bertz CT molecular complexity index is 53.3. The van der Waals surface area contributed by atoms with Crippen LogP contribution in [0.3, 0.4) is 0 Å². The van der Waals surface area contributed by atoms with E-state index < -0.39 is 14.3 Å². The minimum absolute atomic E-state index is 0.312. The molecule has 0 aliphatic carbocycles. The summed E-state index contributed by atoms with van der Waals surface area (Å²) >= 11 is -0.0903. The van der Waals surface area contributed by atoms with E-state index in [1.54, 1.807) is 0 Å². The van der Waals surface area contributed by atoms with E-state index in [0.717, 1.165) is 0 Å². The molecule has 0 atom stereocenters. The van der Waals surface area contributed by atoms with Crippen LogP contribution in [0.1, 0.15) is 34.6 Å². The van der Waals surface area contributed by atoms with E-state index in [9.17, 15) is 0 Å². The van der Waals surface area contributed by atoms with Crippen molar-refractivity contribution < 1.29 is 0 Å². The molecule has 0 spiro atoms. The van der Waals surface area contributed by atoms with Gasteiger partial charge in [-0.3, -0.25) is 0 Å². The van der Waals surface area contributed by atoms with Gasteiger partial charge in [0.25, 0.3) is 0 Å². The van der Waals surface area contributed by atoms with E-state index in [1.165, 1.54) is 26.3 Å². The van der Waals surface area contributed by atoms with Crippen molar-refractivity contribution in [3.05, 3.63) is 0 Å². The first-order valence-electron chi connectivity index (χ1n) is 5.41. The summed E-state index contributed by atoms with van der Waals surface area (Å²) in [7, 11) is 0. The van der Waals surface area contributed by atoms with Gasteiger partial charge in [0, 0.05) is 0 Å². The average molecular weight is 292 g/mol. The maximum absolute atomic E-state index is 2.34. The first kappa shape index (κ1) is 15.6. The summed E-state index contributed by atoms with van der Waals surface area (Å²) in [6.45, 7) is 11.6. The number of rotatable bonds is 5. The fourth-order valence-electron chi connectivity index (χ4n) is 1.04. The van der Waals surface area contributed by atoms with Crippen LogP contribution in [0.5, 0.6) is 0 Å². The summed E-state index contributed by atoms with van der Waals surface area (Å²) in [6, 6.07) is 0. The van der Waals surface area contributed by atoms with Gasteiger partial charge >= 0.3 is 90.7 Å². The molecule has 2 radical (unpaired) electrons. The Morgan fingerprint density at radius 2 is 1.08 bits per heavy atom. The van der Waals surface area contributed by atoms with E-state index in [4.69, 9.17) is 0 Å². The molecule has 0 aromatic rings. The Morgan fingerprint density at radius 3 is 1.08 bits per heavy atom. The SMILES string of the molecule is C[CH2][GeH][CH2]C.C[CH2][Ge]([CH2]C)[CH2]C. The fourth-order valence-corrected chi connectivity index (χ4v) is 5.40. The maximum atomic E-state index is 2.34. The van der Waals surface area contributed by atoms with Crippen molar-refractivity contribution in [3.8, 4) is 0 Å². The predicted octanol–water partition coefficient (Wildman–Crippen LogP) is 3.84. The summed E-state index contributed by atoms with van der Waals surface area (Å²) in [4.78, 5) is 0. The minimum atomic E-state index is -0.403. The summed E-state index contributed by atoms with van der Waals surface area (Å²) in [6.07, 6.45) is 0. The molecule has 0 amide bonds. The zero-order valence-electron chi connectivity index (χ0n) is 9.61. The van der Waals surface area contributed by atoms with E-state index >= 15 is 0 Å². The summed E-state index contributed by atoms with van der Waals surface area (Å²) < 4.78 is 0. The Balaban J connectivity index is 0. The van der Waals surface area contributed by atoms with Gasteiger partial charge in [-0.05, 0) is 0 Å². The first-order chi connectivity index (χ1) is 5.76. The molecule has 0 heterocycles. The number of hydrogen-bond donors (Lipinski definition) is 0. The van der Waals surface area contributed by atoms with Crippen molar-refractivity contribution in [1.29, 1.82) is 0 Å². The van der Waals surface area contributed by atoms with E-state index in [-0.39, 0.29) is 0 Å². The second kappa shape index (κ2) is 14.6. The molecule has 0 fully saturated rings. The first-order valence-corrected chi connectivity index (χ1v) is 13.3. The predicted molar refractivity (Wildman–Crippen MR) is 65.3 cm³/mol. The van der Waals surface area contributed by atoms with Crippen LogP contribution in [0.2, 0.25) is 26.3 Å². The molecule has 0 nitrogen and oxygen atoms in total. The molecule has 74 valence electrons. The van der Waals surface area contributed by atoms with Crippen LogP contribution >= 0.6 is 0 Å². The molecule has 0 N–H and O–H groups in total. The molecule has 2 heteroatoms. The molecular weight excluding hydrogens is 265 g/mol. The van der Waals surface area contributed by atoms with Crippen molar-refractivity contribution in [2.24, 2.45) is 0 Å². The van der Waals surface area contributed by atoms with Gasteiger partial charge in [0.15, 0.2) is 0 Å². The normalized spacial score (nSPS) is 9.50. The van der Waals surface area contributed by atoms with Crippen molar-refractivity contribution in [2.75, 3.05) is 0 Å². The molecular formula is C10H26Ge2. The van der Waals surface area contributed by atoms with Crippen LogP contribution < -0.4 is 0 Å². The zero-order chi connectivity index (χ0) is 9.82. The fraction of sp³-hybridized carbons (Fsp3) is 1.00. The number of hydrogen-bond acceptors (Lipinski definition) is 0. The van der Waals surface area contributed by atoms with Gasteiger partial charge in [-0.2, -0.15) is 0 Å². The van der Waals surface area contributed by atoms with Gasteiger partial charge < -0.3 is 0 Å². The second-order valence-corrected chi connectivity index (χ2v) is 15.2. The summed E-state index contributed by atoms with van der Waals surface area (Å²) in [5, 5.41) is 7.56. The second-order valence-electron chi connectivity index (χ2n) is 2.92. The molecule has 0 aromatic carbocycles. The van der Waals surface area contributed by atoms with Gasteiger partial charge in [0.2, 0.25) is 0 Å². The van der Waals surface area contributed by atoms with Crippen LogP contribution in [0, 0.1) is 0 Å². The molecule has 0 aromatic heterocycles. The van der Waals surface area contributed by atoms with E-state index in [2.05, 4.69) is 34.6 Å². The Morgan fingerprint density at radius 1 is 0.750 bits per heavy atom. The molecule has 12 heavy (non-hydrogen) atoms. The van der Waals surface area contributed by atoms with Crippen molar-refractivity contribution in [1.82, 2.24) is 0 Å². The van der Waals surface area contributed by atoms with Crippen LogP contribution in [0.15, 0.2) is 0 Å². The van der Waals surface area contributed by atoms with Gasteiger partial charge in [-0.25, -0.2) is 0 Å². The van der Waals surface area contributed by atoms with Crippen LogP contribution in [-0.2, 0) is 0 Å². The Hall–Kier alpha value is 1.09. The molecule has 0 rings (SSSR count). The quantitative estimate of drug-likeness (QED) is 0.675. The van der Waals surface area contributed by atoms with Crippen molar-refractivity contribution in [2.45, 2.75) is 60.9 Å². The Kier molecular flexibility index (Phi) is 18.9. The summed E-state index contributed by atoms with van der Waals surface area (Å²) in [5.41, 5.74) is 0. The van der Waals surface area contributed by atoms with Gasteiger partial charge in [0.1, 0.15) is 0 Å². The van der Waals surface area contributed by atoms with Crippen molar-refractivity contribution in [3.63, 3.8) is 0 Å². The molecule has 0 unspecified atom stereocenters. The average Bonchev–Trinajstić information content (AvgIpc) is 2.10. The summed E-state index contributed by atoms with van der Waals surface area (Å²) in [5.74, 6) is 0. The third kappa shape index (κ3) is 13.7. The van der Waals surface area contributed by atoms with Crippen molar-refractivity contribution >= 4 is 29.8 Å². The molecule has 0 aliphatic rings. The van der Waals surface area contributed by atoms with E-state index in [1.807, 2.05) is 0 Å². The molecule has 0 saturated heterocycles. The Labute approximate surface area is 90.5 Å². The monoisotopic (exact) mass is 294 g/mol. The zero-order valence-corrected chi connectivity index (χ0v) is 14.1. The van der Waals surface area contributed by atoms with Gasteiger partial charge in [0.05, 0.1) is 0 Å². The molecule has 0 saturated carbocycles.